The highest BCUT2D eigenvalue weighted by atomic mass is 35.5. The number of carbonyl (C=O) groups excluding carboxylic acids is 1. The molecular formula is C13H16Cl2F3N2O4P. The van der Waals surface area contributed by atoms with Gasteiger partial charge < -0.3 is 19.7 Å². The normalized spacial score (nSPS) is 13.4. The molecule has 0 saturated carbocycles. The van der Waals surface area contributed by atoms with Crippen molar-refractivity contribution in [2.45, 2.75) is 25.8 Å². The van der Waals surface area contributed by atoms with Gasteiger partial charge in [-0.25, -0.2) is 4.79 Å². The average Bonchev–Trinajstić information content (AvgIpc) is 2.48. The predicted octanol–water partition coefficient (Wildman–Crippen LogP) is 5.27. The van der Waals surface area contributed by atoms with Gasteiger partial charge in [-0.2, -0.15) is 13.2 Å². The maximum absolute atomic E-state index is 13.3. The van der Waals surface area contributed by atoms with Gasteiger partial charge in [0.15, 0.2) is 0 Å². The zero-order chi connectivity index (χ0) is 19.3. The van der Waals surface area contributed by atoms with Crippen molar-refractivity contribution >= 4 is 42.5 Å². The van der Waals surface area contributed by atoms with E-state index < -0.39 is 25.6 Å². The summed E-state index contributed by atoms with van der Waals surface area (Å²) in [7, 11) is -4.67. The first-order valence-electron chi connectivity index (χ1n) is 7.01. The van der Waals surface area contributed by atoms with Gasteiger partial charge in [0, 0.05) is 5.69 Å². The summed E-state index contributed by atoms with van der Waals surface area (Å²) in [6.07, 6.45) is -5.06. The number of nitrogens with one attached hydrogen (secondary N) is 2. The second kappa shape index (κ2) is 9.09. The van der Waals surface area contributed by atoms with E-state index in [-0.39, 0.29) is 28.9 Å². The van der Waals surface area contributed by atoms with Crippen molar-refractivity contribution in [2.75, 3.05) is 18.5 Å². The Bertz CT molecular complexity index is 651. The van der Waals surface area contributed by atoms with Crippen LogP contribution in [0.1, 0.15) is 13.8 Å². The third kappa shape index (κ3) is 6.34. The number of hydrogen-bond acceptors (Lipinski definition) is 4. The number of urea groups is 1. The lowest BCUT2D eigenvalue weighted by Gasteiger charge is -2.28. The van der Waals surface area contributed by atoms with Crippen LogP contribution < -0.4 is 10.6 Å². The molecule has 2 N–H and O–H groups in total. The van der Waals surface area contributed by atoms with Gasteiger partial charge in [0.05, 0.1) is 23.3 Å². The van der Waals surface area contributed by atoms with Crippen molar-refractivity contribution < 1.29 is 31.6 Å². The molecule has 1 atom stereocenters. The van der Waals surface area contributed by atoms with E-state index in [9.17, 15) is 22.5 Å². The van der Waals surface area contributed by atoms with Crippen LogP contribution in [-0.4, -0.2) is 31.2 Å². The molecule has 0 heterocycles. The number of alkyl halides is 3. The number of halogens is 5. The van der Waals surface area contributed by atoms with Crippen LogP contribution in [0.2, 0.25) is 10.0 Å². The van der Waals surface area contributed by atoms with Crippen LogP contribution in [0.25, 0.3) is 0 Å². The van der Waals surface area contributed by atoms with Gasteiger partial charge in [-0.1, -0.05) is 23.2 Å². The summed E-state index contributed by atoms with van der Waals surface area (Å²) in [6, 6.07) is 2.67. The van der Waals surface area contributed by atoms with Gasteiger partial charge in [-0.05, 0) is 32.0 Å². The standard InChI is InChI=1S/C13H16Cl2F3N2O4P/c1-3-23-25(22,24-4-2)11(13(16,17)18)20-12(21)19-8-5-6-9(14)10(15)7-8/h5-7,11H,3-4H2,1-2H3,(H2,19,20,21)/t11-/m1/s1. The predicted molar refractivity (Wildman–Crippen MR) is 89.3 cm³/mol. The zero-order valence-electron chi connectivity index (χ0n) is 13.2. The van der Waals surface area contributed by atoms with E-state index in [2.05, 4.69) is 14.4 Å². The Morgan fingerprint density at radius 1 is 1.20 bits per heavy atom. The summed E-state index contributed by atoms with van der Waals surface area (Å²) >= 11 is 11.5. The Morgan fingerprint density at radius 3 is 2.20 bits per heavy atom. The second-order valence-electron chi connectivity index (χ2n) is 4.55. The molecule has 0 aliphatic heterocycles. The van der Waals surface area contributed by atoms with Crippen molar-refractivity contribution in [2.24, 2.45) is 0 Å². The number of benzene rings is 1. The van der Waals surface area contributed by atoms with E-state index in [1.165, 1.54) is 32.0 Å². The highest BCUT2D eigenvalue weighted by molar-refractivity contribution is 7.54. The quantitative estimate of drug-likeness (QED) is 0.586. The van der Waals surface area contributed by atoms with E-state index in [4.69, 9.17) is 23.2 Å². The second-order valence-corrected chi connectivity index (χ2v) is 7.47. The van der Waals surface area contributed by atoms with Crippen molar-refractivity contribution in [1.29, 1.82) is 0 Å². The summed E-state index contributed by atoms with van der Waals surface area (Å²) < 4.78 is 61.5. The highest BCUT2D eigenvalue weighted by Crippen LogP contribution is 2.56. The highest BCUT2D eigenvalue weighted by Gasteiger charge is 2.54. The van der Waals surface area contributed by atoms with Gasteiger partial charge in [0.2, 0.25) is 5.78 Å². The van der Waals surface area contributed by atoms with Crippen LogP contribution in [-0.2, 0) is 13.6 Å². The first-order valence-corrected chi connectivity index (χ1v) is 9.38. The topological polar surface area (TPSA) is 76.7 Å². The van der Waals surface area contributed by atoms with E-state index in [0.29, 0.717) is 0 Å². The molecule has 6 nitrogen and oxygen atoms in total. The fraction of sp³-hybridized carbons (Fsp3) is 0.462. The van der Waals surface area contributed by atoms with Crippen molar-refractivity contribution in [3.05, 3.63) is 28.2 Å². The van der Waals surface area contributed by atoms with Gasteiger partial charge in [0.25, 0.3) is 0 Å². The first kappa shape index (κ1) is 22.1. The van der Waals surface area contributed by atoms with Crippen molar-refractivity contribution in [1.82, 2.24) is 5.32 Å². The molecule has 0 unspecified atom stereocenters. The van der Waals surface area contributed by atoms with E-state index in [1.807, 2.05) is 0 Å². The lowest BCUT2D eigenvalue weighted by Crippen LogP contribution is -2.47. The molecule has 0 radical (unpaired) electrons. The molecule has 0 aliphatic rings. The zero-order valence-corrected chi connectivity index (χ0v) is 15.6. The minimum atomic E-state index is -5.06. The Kier molecular flexibility index (Phi) is 8.02. The minimum Gasteiger partial charge on any atom is -0.316 e. The molecule has 0 aliphatic carbocycles. The van der Waals surface area contributed by atoms with E-state index in [0.717, 1.165) is 0 Å². The number of hydrogen-bond donors (Lipinski definition) is 2. The number of anilines is 1. The van der Waals surface area contributed by atoms with Crippen molar-refractivity contribution in [3.8, 4) is 0 Å². The maximum Gasteiger partial charge on any atom is 0.420 e. The molecule has 1 aromatic carbocycles. The summed E-state index contributed by atoms with van der Waals surface area (Å²) in [6.45, 7) is 2.13. The largest absolute Gasteiger partial charge is 0.420 e. The summed E-state index contributed by atoms with van der Waals surface area (Å²) in [5.41, 5.74) is 0.0930. The molecule has 0 aromatic heterocycles. The van der Waals surface area contributed by atoms with Crippen LogP contribution in [0.15, 0.2) is 18.2 Å². The monoisotopic (exact) mass is 422 g/mol. The number of carbonyl (C=O) groups is 1. The molecule has 0 fully saturated rings. The Morgan fingerprint density at radius 2 is 1.76 bits per heavy atom. The third-order valence-electron chi connectivity index (χ3n) is 2.69. The molecule has 2 amide bonds. The molecule has 1 rings (SSSR count). The lowest BCUT2D eigenvalue weighted by molar-refractivity contribution is -0.138. The van der Waals surface area contributed by atoms with Crippen LogP contribution >= 0.6 is 30.8 Å². The van der Waals surface area contributed by atoms with Crippen LogP contribution in [0.5, 0.6) is 0 Å². The average molecular weight is 423 g/mol. The van der Waals surface area contributed by atoms with Gasteiger partial charge in [0.1, 0.15) is 0 Å². The molecule has 0 bridgehead atoms. The van der Waals surface area contributed by atoms with Crippen LogP contribution in [0.4, 0.5) is 23.7 Å². The molecule has 1 aromatic rings. The SMILES string of the molecule is CCOP(=O)(OCC)[C@@H](NC(=O)Nc1ccc(Cl)c(Cl)c1)C(F)(F)F. The van der Waals surface area contributed by atoms with E-state index >= 15 is 0 Å². The van der Waals surface area contributed by atoms with Gasteiger partial charge in [-0.15, -0.1) is 0 Å². The Balaban J connectivity index is 2.99. The summed E-state index contributed by atoms with van der Waals surface area (Å²) in [5.74, 6) is -2.83. The molecule has 0 saturated heterocycles. The van der Waals surface area contributed by atoms with Crippen molar-refractivity contribution in [3.63, 3.8) is 0 Å². The smallest absolute Gasteiger partial charge is 0.316 e. The molecular weight excluding hydrogens is 407 g/mol. The summed E-state index contributed by atoms with van der Waals surface area (Å²) in [5, 5.41) is 4.03. The number of amides is 2. The summed E-state index contributed by atoms with van der Waals surface area (Å²) in [4.78, 5) is 11.9. The first-order chi connectivity index (χ1) is 11.5. The minimum absolute atomic E-state index is 0.0930. The Hall–Kier alpha value is -0.990. The fourth-order valence-corrected chi connectivity index (χ4v) is 3.78. The van der Waals surface area contributed by atoms with Gasteiger partial charge in [-0.3, -0.25) is 4.57 Å². The maximum atomic E-state index is 13.3. The number of rotatable bonds is 7. The molecule has 25 heavy (non-hydrogen) atoms. The van der Waals surface area contributed by atoms with Crippen LogP contribution in [0.3, 0.4) is 0 Å². The van der Waals surface area contributed by atoms with Gasteiger partial charge >= 0.3 is 19.8 Å². The van der Waals surface area contributed by atoms with Crippen LogP contribution in [0, 0.1) is 0 Å². The molecule has 142 valence electrons. The van der Waals surface area contributed by atoms with E-state index in [1.54, 1.807) is 5.32 Å². The molecule has 0 spiro atoms. The fourth-order valence-electron chi connectivity index (χ4n) is 1.75. The Labute approximate surface area is 152 Å². The lowest BCUT2D eigenvalue weighted by atomic mass is 10.3. The molecule has 12 heteroatoms. The third-order valence-corrected chi connectivity index (χ3v) is 5.72.